The van der Waals surface area contributed by atoms with Crippen LogP contribution in [0.3, 0.4) is 0 Å². The van der Waals surface area contributed by atoms with E-state index in [1.165, 1.54) is 19.1 Å². The zero-order valence-corrected chi connectivity index (χ0v) is 48.8. The number of aromatic nitrogens is 1. The number of H-pyrrole nitrogens is 1. The van der Waals surface area contributed by atoms with Gasteiger partial charge in [-0.15, -0.1) is 0 Å². The number of phenolic OH excluding ortho intramolecular Hbond substituents is 1. The molecule has 2 aliphatic heterocycles. The molecule has 3 heterocycles. The Kier molecular flexibility index (Phi) is 26.1. The van der Waals surface area contributed by atoms with Crippen LogP contribution in [-0.2, 0) is 62.4 Å². The standard InChI is InChI=1S/C57H79N13O12S2/c1-3-40-51(76)66-47(57(82)68-49(34(2)72)50(59)75)33-84-83-32-46(67-53(78)43(27-35-11-5-4-6-12-35)61-48(74)31-70-23-21-69(22-24-70)25-26-71)56(81)64-44(28-36-16-18-38(73)19-17-36)54(79)65-45(29-37-30-60-41-14-8-7-13-39(37)41)55(80)63-42(52(77)62-40)15-9-10-20-58/h4-8,11-14,16-19,30,34,40,42-47,49,60,71-73H,3,9-10,15,20-29,31-33,58H2,1-2H3,(H2,59,75)(H,61,74)(H,62,77)(H,63,80)(H,64,81)(H,65,79)(H,66,76)(H,67,78)(H,68,82)/t34-,40+,42?,43-,44+,45?,46?,47+,49+/m1/s1. The number of piperazine rings is 1. The summed E-state index contributed by atoms with van der Waals surface area (Å²) in [5, 5.41) is 52.6. The first kappa shape index (κ1) is 65.9. The van der Waals surface area contributed by atoms with Crippen LogP contribution >= 0.6 is 21.6 Å². The molecule has 25 nitrogen and oxygen atoms in total. The van der Waals surface area contributed by atoms with Crippen LogP contribution in [-0.4, -0.2) is 202 Å². The molecule has 3 unspecified atom stereocenters. The molecule has 84 heavy (non-hydrogen) atoms. The monoisotopic (exact) mass is 1200 g/mol. The number of aliphatic hydroxyl groups excluding tert-OH is 2. The Bertz CT molecular complexity index is 2860. The maximum atomic E-state index is 15.0. The van der Waals surface area contributed by atoms with Crippen molar-refractivity contribution in [2.75, 3.05) is 63.9 Å². The van der Waals surface area contributed by atoms with Crippen molar-refractivity contribution in [1.29, 1.82) is 0 Å². The number of phenols is 1. The van der Waals surface area contributed by atoms with Crippen molar-refractivity contribution < 1.29 is 58.5 Å². The van der Waals surface area contributed by atoms with Gasteiger partial charge in [0, 0.05) is 80.6 Å². The molecule has 2 fully saturated rings. The Hall–Kier alpha value is -7.27. The van der Waals surface area contributed by atoms with Crippen molar-refractivity contribution in [2.24, 2.45) is 11.5 Å². The normalized spacial score (nSPS) is 22.2. The predicted octanol–water partition coefficient (Wildman–Crippen LogP) is -1.81. The molecule has 27 heteroatoms. The van der Waals surface area contributed by atoms with Crippen LogP contribution in [0.25, 0.3) is 10.9 Å². The summed E-state index contributed by atoms with van der Waals surface area (Å²) in [4.78, 5) is 136. The first-order valence-corrected chi connectivity index (χ1v) is 30.6. The molecule has 2 aliphatic rings. The van der Waals surface area contributed by atoms with Crippen LogP contribution in [0.1, 0.15) is 56.2 Å². The zero-order valence-electron chi connectivity index (χ0n) is 47.2. The molecule has 1 aromatic heterocycles. The van der Waals surface area contributed by atoms with Crippen molar-refractivity contribution >= 4 is 85.7 Å². The summed E-state index contributed by atoms with van der Waals surface area (Å²) in [6.45, 7) is 5.90. The lowest BCUT2D eigenvalue weighted by molar-refractivity contribution is -0.136. The van der Waals surface area contributed by atoms with Crippen LogP contribution in [0.5, 0.6) is 5.75 Å². The van der Waals surface area contributed by atoms with E-state index in [4.69, 9.17) is 11.5 Å². The number of fused-ring (bicyclic) bond motifs is 1. The summed E-state index contributed by atoms with van der Waals surface area (Å²) in [5.41, 5.74) is 13.9. The van der Waals surface area contributed by atoms with Gasteiger partial charge in [-0.05, 0) is 74.0 Å². The number of primary amides is 1. The van der Waals surface area contributed by atoms with Gasteiger partial charge in [-0.25, -0.2) is 0 Å². The minimum Gasteiger partial charge on any atom is -0.508 e. The lowest BCUT2D eigenvalue weighted by Gasteiger charge is -2.34. The third-order valence-electron chi connectivity index (χ3n) is 14.5. The number of carbonyl (C=O) groups excluding carboxylic acids is 9. The summed E-state index contributed by atoms with van der Waals surface area (Å²) in [5.74, 6) is -7.90. The number of unbranched alkanes of at least 4 members (excludes halogenated alkanes) is 1. The minimum atomic E-state index is -1.58. The van der Waals surface area contributed by atoms with E-state index in [1.54, 1.807) is 55.6 Å². The van der Waals surface area contributed by atoms with E-state index in [-0.39, 0.29) is 69.1 Å². The second-order valence-corrected chi connectivity index (χ2v) is 23.4. The number of hydrogen-bond acceptors (Lipinski definition) is 17. The summed E-state index contributed by atoms with van der Waals surface area (Å²) in [6, 6.07) is 10.9. The molecular weight excluding hydrogens is 1120 g/mol. The van der Waals surface area contributed by atoms with E-state index in [0.717, 1.165) is 32.5 Å². The van der Waals surface area contributed by atoms with Crippen LogP contribution in [0.4, 0.5) is 0 Å². The highest BCUT2D eigenvalue weighted by Gasteiger charge is 2.36. The number of aromatic hydroxyl groups is 1. The Labute approximate surface area is 495 Å². The van der Waals surface area contributed by atoms with E-state index in [1.807, 2.05) is 29.2 Å². The topological polar surface area (TPSA) is 385 Å². The molecule has 4 aromatic rings. The van der Waals surface area contributed by atoms with Gasteiger partial charge in [0.2, 0.25) is 53.2 Å². The molecule has 9 amide bonds. The molecular formula is C57H79N13O12S2. The Morgan fingerprint density at radius 3 is 1.99 bits per heavy atom. The first-order chi connectivity index (χ1) is 40.3. The van der Waals surface area contributed by atoms with Gasteiger partial charge in [-0.3, -0.25) is 53.0 Å². The van der Waals surface area contributed by atoms with E-state index in [0.29, 0.717) is 62.3 Å². The van der Waals surface area contributed by atoms with Gasteiger partial charge in [0.1, 0.15) is 54.1 Å². The van der Waals surface area contributed by atoms with E-state index >= 15 is 9.59 Å². The number of benzene rings is 3. The number of carbonyl (C=O) groups is 9. The molecule has 3 aromatic carbocycles. The second-order valence-electron chi connectivity index (χ2n) is 20.8. The second kappa shape index (κ2) is 33.3. The SMILES string of the molecule is CC[C@@H]1NC(=O)C(CCCCN)NC(=O)C(Cc2c[nH]c3ccccc23)NC(=O)[C@H](Cc2ccc(O)cc2)NC(=O)C(NC(=O)[C@@H](Cc2ccccc2)NC(=O)CN2CCN(CCO)CC2)CSSC[C@@H](C(=O)N[C@H](C(N)=O)[C@@H](C)O)NC1=O. The number of rotatable bonds is 22. The summed E-state index contributed by atoms with van der Waals surface area (Å²) in [6.07, 6.45) is 0.824. The quantitative estimate of drug-likeness (QED) is 0.0305. The highest BCUT2D eigenvalue weighted by molar-refractivity contribution is 8.76. The summed E-state index contributed by atoms with van der Waals surface area (Å²) in [7, 11) is 1.97. The molecule has 16 N–H and O–H groups in total. The number of aromatic amines is 1. The summed E-state index contributed by atoms with van der Waals surface area (Å²) >= 11 is 0. The zero-order chi connectivity index (χ0) is 60.7. The molecule has 456 valence electrons. The fourth-order valence-corrected chi connectivity index (χ4v) is 12.0. The van der Waals surface area contributed by atoms with Gasteiger partial charge in [-0.2, -0.15) is 0 Å². The maximum absolute atomic E-state index is 15.0. The van der Waals surface area contributed by atoms with Crippen molar-refractivity contribution in [3.63, 3.8) is 0 Å². The van der Waals surface area contributed by atoms with Crippen molar-refractivity contribution in [3.05, 3.63) is 102 Å². The lowest BCUT2D eigenvalue weighted by atomic mass is 10.0. The third-order valence-corrected chi connectivity index (χ3v) is 16.9. The van der Waals surface area contributed by atoms with Gasteiger partial charge >= 0.3 is 0 Å². The Morgan fingerprint density at radius 1 is 0.714 bits per heavy atom. The molecule has 9 atom stereocenters. The number of β-amino-alcohol motifs (C(OH)–C–C–N with tert-alkyl or cyclic N) is 1. The van der Waals surface area contributed by atoms with Crippen LogP contribution < -0.4 is 54.0 Å². The van der Waals surface area contributed by atoms with Crippen molar-refractivity contribution in [2.45, 2.75) is 113 Å². The number of amides is 9. The van der Waals surface area contributed by atoms with E-state index < -0.39 is 108 Å². The van der Waals surface area contributed by atoms with Crippen molar-refractivity contribution in [1.82, 2.24) is 57.3 Å². The molecule has 2 saturated heterocycles. The highest BCUT2D eigenvalue weighted by atomic mass is 33.1. The van der Waals surface area contributed by atoms with Gasteiger partial charge in [-0.1, -0.05) is 89.2 Å². The highest BCUT2D eigenvalue weighted by Crippen LogP contribution is 2.25. The largest absolute Gasteiger partial charge is 0.508 e. The Morgan fingerprint density at radius 2 is 1.32 bits per heavy atom. The number of hydrogen-bond donors (Lipinski definition) is 14. The fraction of sp³-hybridized carbons (Fsp3) is 0.491. The average Bonchev–Trinajstić information content (AvgIpc) is 4.06. The van der Waals surface area contributed by atoms with Gasteiger partial charge in [0.25, 0.3) is 0 Å². The molecule has 6 rings (SSSR count). The molecule has 0 radical (unpaired) electrons. The molecule has 0 spiro atoms. The number of para-hydroxylation sites is 1. The first-order valence-electron chi connectivity index (χ1n) is 28.1. The number of nitrogens with zero attached hydrogens (tertiary/aromatic N) is 2. The van der Waals surface area contributed by atoms with Crippen LogP contribution in [0, 0.1) is 0 Å². The van der Waals surface area contributed by atoms with Crippen LogP contribution in [0.15, 0.2) is 85.1 Å². The molecule has 0 bridgehead atoms. The maximum Gasteiger partial charge on any atom is 0.244 e. The minimum absolute atomic E-state index is 0.00114. The van der Waals surface area contributed by atoms with E-state index in [9.17, 15) is 48.9 Å². The van der Waals surface area contributed by atoms with E-state index in [2.05, 4.69) is 52.4 Å². The molecule has 0 aliphatic carbocycles. The fourth-order valence-electron chi connectivity index (χ4n) is 9.65. The number of aliphatic hydroxyl groups is 2. The molecule has 0 saturated carbocycles. The van der Waals surface area contributed by atoms with Gasteiger partial charge < -0.3 is 74.3 Å². The van der Waals surface area contributed by atoms with Crippen LogP contribution in [0.2, 0.25) is 0 Å². The average molecular weight is 1200 g/mol. The Balaban J connectivity index is 1.39. The predicted molar refractivity (Wildman–Crippen MR) is 318 cm³/mol. The smallest absolute Gasteiger partial charge is 0.244 e. The summed E-state index contributed by atoms with van der Waals surface area (Å²) < 4.78 is 0. The van der Waals surface area contributed by atoms with Gasteiger partial charge in [0.05, 0.1) is 19.3 Å². The van der Waals surface area contributed by atoms with Gasteiger partial charge in [0.15, 0.2) is 0 Å². The lowest BCUT2D eigenvalue weighted by Crippen LogP contribution is -2.61. The number of nitrogens with one attached hydrogen (secondary N) is 9. The third kappa shape index (κ3) is 20.2. The number of nitrogens with two attached hydrogens (primary N) is 2. The van der Waals surface area contributed by atoms with Crippen molar-refractivity contribution in [3.8, 4) is 5.75 Å².